The minimum atomic E-state index is 0.283. The first-order valence-corrected chi connectivity index (χ1v) is 5.80. The fourth-order valence-corrected chi connectivity index (χ4v) is 2.15. The second-order valence-corrected chi connectivity index (χ2v) is 4.63. The topological polar surface area (TPSA) is 44.5 Å². The van der Waals surface area contributed by atoms with E-state index in [9.17, 15) is 0 Å². The summed E-state index contributed by atoms with van der Waals surface area (Å²) in [5, 5.41) is 0.667. The molecule has 16 heavy (non-hydrogen) atoms. The number of hydrogen-bond donors (Lipinski definition) is 1. The molecule has 2 N–H and O–H groups in total. The number of nitrogens with two attached hydrogens (primary N) is 1. The summed E-state index contributed by atoms with van der Waals surface area (Å²) in [4.78, 5) is 0. The third kappa shape index (κ3) is 2.48. The van der Waals surface area contributed by atoms with Crippen molar-refractivity contribution in [3.05, 3.63) is 28.3 Å². The zero-order valence-electron chi connectivity index (χ0n) is 9.33. The molecule has 0 fully saturated rings. The molecule has 1 aromatic rings. The van der Waals surface area contributed by atoms with Gasteiger partial charge in [-0.05, 0) is 36.6 Å². The Hall–Kier alpha value is -0.770. The van der Waals surface area contributed by atoms with Gasteiger partial charge in [0.2, 0.25) is 0 Å². The lowest BCUT2D eigenvalue weighted by molar-refractivity contribution is -0.0163. The van der Waals surface area contributed by atoms with Crippen LogP contribution in [0.1, 0.15) is 18.1 Å². The van der Waals surface area contributed by atoms with E-state index in [1.165, 1.54) is 5.56 Å². The molecule has 1 heterocycles. The van der Waals surface area contributed by atoms with E-state index in [4.69, 9.17) is 26.8 Å². The van der Waals surface area contributed by atoms with Crippen LogP contribution in [0.3, 0.4) is 0 Å². The predicted octanol–water partition coefficient (Wildman–Crippen LogP) is 2.34. The van der Waals surface area contributed by atoms with Crippen molar-refractivity contribution in [2.45, 2.75) is 20.0 Å². The average molecular weight is 242 g/mol. The third-order valence-electron chi connectivity index (χ3n) is 2.71. The van der Waals surface area contributed by atoms with E-state index in [1.54, 1.807) is 0 Å². The molecule has 3 nitrogen and oxygen atoms in total. The van der Waals surface area contributed by atoms with Gasteiger partial charge in [0, 0.05) is 5.56 Å². The molecule has 0 amide bonds. The summed E-state index contributed by atoms with van der Waals surface area (Å²) in [6.07, 6.45) is 0.934. The van der Waals surface area contributed by atoms with Crippen molar-refractivity contribution in [2.75, 3.05) is 13.3 Å². The Labute approximate surface area is 100 Å². The molecule has 0 saturated heterocycles. The highest BCUT2D eigenvalue weighted by molar-refractivity contribution is 6.32. The van der Waals surface area contributed by atoms with Crippen LogP contribution in [-0.2, 0) is 17.8 Å². The smallest absolute Gasteiger partial charge is 0.189 e. The summed E-state index contributed by atoms with van der Waals surface area (Å²) in [5.41, 5.74) is 7.83. The van der Waals surface area contributed by atoms with E-state index < -0.39 is 0 Å². The van der Waals surface area contributed by atoms with Crippen molar-refractivity contribution >= 4 is 11.6 Å². The van der Waals surface area contributed by atoms with Gasteiger partial charge in [0.15, 0.2) is 6.79 Å². The molecular weight excluding hydrogens is 226 g/mol. The van der Waals surface area contributed by atoms with Gasteiger partial charge in [-0.15, -0.1) is 0 Å². The summed E-state index contributed by atoms with van der Waals surface area (Å²) in [6, 6.07) is 4.05. The van der Waals surface area contributed by atoms with Gasteiger partial charge in [-0.25, -0.2) is 0 Å². The Morgan fingerprint density at radius 2 is 2.31 bits per heavy atom. The Kier molecular flexibility index (Phi) is 3.69. The molecule has 1 unspecified atom stereocenters. The van der Waals surface area contributed by atoms with E-state index in [-0.39, 0.29) is 6.79 Å². The molecule has 1 aliphatic rings. The van der Waals surface area contributed by atoms with Crippen LogP contribution in [0.4, 0.5) is 0 Å². The Balaban J connectivity index is 2.24. The lowest BCUT2D eigenvalue weighted by Gasteiger charge is -2.20. The Bertz CT molecular complexity index is 382. The molecule has 0 spiro atoms. The Morgan fingerprint density at radius 1 is 1.50 bits per heavy atom. The first-order chi connectivity index (χ1) is 7.70. The zero-order chi connectivity index (χ0) is 11.5. The van der Waals surface area contributed by atoms with Crippen molar-refractivity contribution in [1.29, 1.82) is 0 Å². The number of fused-ring (bicyclic) bond motifs is 1. The molecule has 88 valence electrons. The molecule has 4 heteroatoms. The maximum atomic E-state index is 6.16. The van der Waals surface area contributed by atoms with Crippen molar-refractivity contribution in [3.63, 3.8) is 0 Å². The summed E-state index contributed by atoms with van der Waals surface area (Å²) in [6.45, 7) is 3.66. The predicted molar refractivity (Wildman–Crippen MR) is 63.7 cm³/mol. The Morgan fingerprint density at radius 3 is 3.06 bits per heavy atom. The fraction of sp³-hybridized carbons (Fsp3) is 0.500. The van der Waals surface area contributed by atoms with Crippen LogP contribution in [0.5, 0.6) is 5.75 Å². The van der Waals surface area contributed by atoms with Crippen LogP contribution in [0.15, 0.2) is 12.1 Å². The summed E-state index contributed by atoms with van der Waals surface area (Å²) in [7, 11) is 0. The van der Waals surface area contributed by atoms with Crippen molar-refractivity contribution < 1.29 is 9.47 Å². The van der Waals surface area contributed by atoms with Gasteiger partial charge >= 0.3 is 0 Å². The lowest BCUT2D eigenvalue weighted by Crippen LogP contribution is -2.15. The molecule has 1 atom stereocenters. The van der Waals surface area contributed by atoms with Gasteiger partial charge in [0.25, 0.3) is 0 Å². The molecule has 0 aliphatic carbocycles. The average Bonchev–Trinajstić information content (AvgIpc) is 2.29. The first kappa shape index (κ1) is 11.7. The van der Waals surface area contributed by atoms with Crippen LogP contribution < -0.4 is 10.5 Å². The molecule has 1 aliphatic heterocycles. The van der Waals surface area contributed by atoms with Crippen LogP contribution in [0.2, 0.25) is 5.02 Å². The van der Waals surface area contributed by atoms with Gasteiger partial charge in [-0.1, -0.05) is 18.5 Å². The molecule has 0 saturated carbocycles. The van der Waals surface area contributed by atoms with E-state index in [0.717, 1.165) is 17.7 Å². The SMILES string of the molecule is CC(CN)Cc1cc(Cl)c2c(c1)COCO2. The molecule has 2 rings (SSSR count). The molecule has 0 bridgehead atoms. The monoisotopic (exact) mass is 241 g/mol. The van der Waals surface area contributed by atoms with Gasteiger partial charge in [0.1, 0.15) is 5.75 Å². The number of ether oxygens (including phenoxy) is 2. The summed E-state index contributed by atoms with van der Waals surface area (Å²) >= 11 is 6.16. The summed E-state index contributed by atoms with van der Waals surface area (Å²) < 4.78 is 10.6. The highest BCUT2D eigenvalue weighted by Gasteiger charge is 2.16. The maximum absolute atomic E-state index is 6.16. The van der Waals surface area contributed by atoms with Crippen LogP contribution in [0.25, 0.3) is 0 Å². The minimum Gasteiger partial charge on any atom is -0.466 e. The van der Waals surface area contributed by atoms with Crippen LogP contribution >= 0.6 is 11.6 Å². The van der Waals surface area contributed by atoms with Crippen LogP contribution in [0, 0.1) is 5.92 Å². The van der Waals surface area contributed by atoms with E-state index in [0.29, 0.717) is 24.1 Å². The fourth-order valence-electron chi connectivity index (χ4n) is 1.84. The summed E-state index contributed by atoms with van der Waals surface area (Å²) in [5.74, 6) is 1.22. The highest BCUT2D eigenvalue weighted by atomic mass is 35.5. The quantitative estimate of drug-likeness (QED) is 0.884. The third-order valence-corrected chi connectivity index (χ3v) is 2.99. The molecular formula is C12H16ClNO2. The zero-order valence-corrected chi connectivity index (χ0v) is 10.1. The number of hydrogen-bond acceptors (Lipinski definition) is 3. The second kappa shape index (κ2) is 5.04. The number of halogens is 1. The van der Waals surface area contributed by atoms with Gasteiger partial charge < -0.3 is 15.2 Å². The second-order valence-electron chi connectivity index (χ2n) is 4.22. The molecule has 0 aromatic heterocycles. The first-order valence-electron chi connectivity index (χ1n) is 5.42. The highest BCUT2D eigenvalue weighted by Crippen LogP contribution is 2.33. The van der Waals surface area contributed by atoms with Crippen molar-refractivity contribution in [1.82, 2.24) is 0 Å². The van der Waals surface area contributed by atoms with Crippen molar-refractivity contribution in [2.24, 2.45) is 11.7 Å². The minimum absolute atomic E-state index is 0.283. The normalized spacial score (nSPS) is 16.4. The van der Waals surface area contributed by atoms with Gasteiger partial charge in [0.05, 0.1) is 11.6 Å². The van der Waals surface area contributed by atoms with E-state index in [2.05, 4.69) is 13.0 Å². The maximum Gasteiger partial charge on any atom is 0.189 e. The molecule has 1 aromatic carbocycles. The van der Waals surface area contributed by atoms with Gasteiger partial charge in [-0.2, -0.15) is 0 Å². The van der Waals surface area contributed by atoms with E-state index >= 15 is 0 Å². The molecule has 0 radical (unpaired) electrons. The largest absolute Gasteiger partial charge is 0.466 e. The standard InChI is InChI=1S/C12H16ClNO2/c1-8(5-14)2-9-3-10-6-15-7-16-12(10)11(13)4-9/h3-4,8H,2,5-7,14H2,1H3. The van der Waals surface area contributed by atoms with Crippen molar-refractivity contribution in [3.8, 4) is 5.75 Å². The number of benzene rings is 1. The van der Waals surface area contributed by atoms with Gasteiger partial charge in [-0.3, -0.25) is 0 Å². The van der Waals surface area contributed by atoms with Crippen LogP contribution in [-0.4, -0.2) is 13.3 Å². The number of rotatable bonds is 3. The lowest BCUT2D eigenvalue weighted by atomic mass is 9.99. The van der Waals surface area contributed by atoms with E-state index in [1.807, 2.05) is 6.07 Å².